The summed E-state index contributed by atoms with van der Waals surface area (Å²) in [5, 5.41) is 4.22. The molecule has 0 aromatic carbocycles. The highest BCUT2D eigenvalue weighted by Gasteiger charge is 2.20. The second-order valence-corrected chi connectivity index (χ2v) is 7.06. The van der Waals surface area contributed by atoms with Crippen LogP contribution >= 0.6 is 11.3 Å². The average molecular weight is 318 g/mol. The number of piperidine rings is 1. The largest absolute Gasteiger partial charge is 0.360 e. The van der Waals surface area contributed by atoms with Crippen LogP contribution < -0.4 is 5.32 Å². The summed E-state index contributed by atoms with van der Waals surface area (Å²) in [5.41, 5.74) is 0. The highest BCUT2D eigenvalue weighted by molar-refractivity contribution is 7.18. The number of aryl methyl sites for hydroxylation is 1. The van der Waals surface area contributed by atoms with Crippen molar-refractivity contribution in [1.82, 2.24) is 14.9 Å². The first-order valence-corrected chi connectivity index (χ1v) is 8.74. The fraction of sp³-hybridized carbons (Fsp3) is 0.562. The van der Waals surface area contributed by atoms with Gasteiger partial charge in [0, 0.05) is 18.0 Å². The van der Waals surface area contributed by atoms with Crippen LogP contribution in [0.15, 0.2) is 12.4 Å². The lowest BCUT2D eigenvalue weighted by Gasteiger charge is -2.31. The van der Waals surface area contributed by atoms with Gasteiger partial charge in [-0.3, -0.25) is 4.79 Å². The topological polar surface area (TPSA) is 58.1 Å². The van der Waals surface area contributed by atoms with E-state index in [1.165, 1.54) is 11.3 Å². The van der Waals surface area contributed by atoms with Gasteiger partial charge in [0.2, 0.25) is 5.91 Å². The maximum Gasteiger partial charge on any atom is 0.241 e. The van der Waals surface area contributed by atoms with Crippen LogP contribution in [0, 0.1) is 5.92 Å². The molecule has 1 unspecified atom stereocenters. The van der Waals surface area contributed by atoms with Crippen molar-refractivity contribution in [2.75, 3.05) is 25.0 Å². The number of hydrogen-bond donors (Lipinski definition) is 1. The molecule has 6 heteroatoms. The van der Waals surface area contributed by atoms with Crippen molar-refractivity contribution in [3.8, 4) is 0 Å². The number of carbonyl (C=O) groups excluding carboxylic acids is 1. The molecule has 1 aliphatic heterocycles. The molecular weight excluding hydrogens is 296 g/mol. The molecule has 1 saturated heterocycles. The number of anilines is 1. The van der Waals surface area contributed by atoms with Crippen LogP contribution in [0.3, 0.4) is 0 Å². The fourth-order valence-corrected chi connectivity index (χ4v) is 3.84. The van der Waals surface area contributed by atoms with Gasteiger partial charge in [-0.05, 0) is 31.2 Å². The fourth-order valence-electron chi connectivity index (χ4n) is 2.91. The molecule has 1 aliphatic rings. The van der Waals surface area contributed by atoms with Crippen LogP contribution in [0.1, 0.15) is 31.6 Å². The Morgan fingerprint density at radius 1 is 1.50 bits per heavy atom. The Morgan fingerprint density at radius 3 is 3.14 bits per heavy atom. The van der Waals surface area contributed by atoms with Gasteiger partial charge in [0.05, 0.1) is 11.9 Å². The van der Waals surface area contributed by atoms with Gasteiger partial charge < -0.3 is 10.2 Å². The van der Waals surface area contributed by atoms with E-state index in [1.807, 2.05) is 4.90 Å². The van der Waals surface area contributed by atoms with E-state index >= 15 is 0 Å². The second kappa shape index (κ2) is 6.60. The lowest BCUT2D eigenvalue weighted by atomic mass is 10.0. The molecule has 1 N–H and O–H groups in total. The SMILES string of the molecule is CCc1cc2c(NCC(=O)N3CCCC(C)C3)ncnc2s1. The van der Waals surface area contributed by atoms with Crippen LogP contribution in [-0.2, 0) is 11.2 Å². The second-order valence-electron chi connectivity index (χ2n) is 5.95. The van der Waals surface area contributed by atoms with Crippen molar-refractivity contribution in [3.05, 3.63) is 17.3 Å². The number of rotatable bonds is 4. The molecule has 0 aliphatic carbocycles. The maximum atomic E-state index is 12.3. The van der Waals surface area contributed by atoms with Gasteiger partial charge in [0.15, 0.2) is 0 Å². The molecule has 5 nitrogen and oxygen atoms in total. The number of carbonyl (C=O) groups is 1. The molecule has 3 rings (SSSR count). The molecule has 118 valence electrons. The van der Waals surface area contributed by atoms with Crippen LogP contribution in [0.2, 0.25) is 0 Å². The van der Waals surface area contributed by atoms with Crippen LogP contribution in [0.25, 0.3) is 10.2 Å². The Morgan fingerprint density at radius 2 is 2.36 bits per heavy atom. The monoisotopic (exact) mass is 318 g/mol. The molecule has 0 bridgehead atoms. The normalized spacial score (nSPS) is 18.6. The summed E-state index contributed by atoms with van der Waals surface area (Å²) in [6.45, 7) is 6.39. The third kappa shape index (κ3) is 3.21. The van der Waals surface area contributed by atoms with Crippen molar-refractivity contribution in [2.45, 2.75) is 33.1 Å². The van der Waals surface area contributed by atoms with E-state index in [0.717, 1.165) is 42.0 Å². The van der Waals surface area contributed by atoms with Crippen molar-refractivity contribution in [2.24, 2.45) is 5.92 Å². The predicted octanol–water partition coefficient (Wildman–Crippen LogP) is 2.92. The maximum absolute atomic E-state index is 12.3. The lowest BCUT2D eigenvalue weighted by Crippen LogP contribution is -2.42. The lowest BCUT2D eigenvalue weighted by molar-refractivity contribution is -0.130. The molecule has 2 aromatic rings. The Bertz CT molecular complexity index is 669. The smallest absolute Gasteiger partial charge is 0.241 e. The zero-order valence-corrected chi connectivity index (χ0v) is 13.9. The van der Waals surface area contributed by atoms with E-state index in [9.17, 15) is 4.79 Å². The Hall–Kier alpha value is -1.69. The predicted molar refractivity (Wildman–Crippen MR) is 90.3 cm³/mol. The number of thiophene rings is 1. The van der Waals surface area contributed by atoms with Crippen LogP contribution in [-0.4, -0.2) is 40.4 Å². The number of nitrogens with zero attached hydrogens (tertiary/aromatic N) is 3. The first-order valence-electron chi connectivity index (χ1n) is 7.92. The number of likely N-dealkylation sites (tertiary alicyclic amines) is 1. The third-order valence-electron chi connectivity index (χ3n) is 4.15. The number of amides is 1. The summed E-state index contributed by atoms with van der Waals surface area (Å²) in [4.78, 5) is 25.2. The summed E-state index contributed by atoms with van der Waals surface area (Å²) >= 11 is 1.69. The number of aromatic nitrogens is 2. The first kappa shape index (κ1) is 15.2. The van der Waals surface area contributed by atoms with E-state index in [4.69, 9.17) is 0 Å². The standard InChI is InChI=1S/C16H22N4OS/c1-3-12-7-13-15(18-10-19-16(13)22-12)17-8-14(21)20-6-4-5-11(2)9-20/h7,10-11H,3-6,8-9H2,1-2H3,(H,17,18,19). The average Bonchev–Trinajstić information content (AvgIpc) is 2.96. The van der Waals surface area contributed by atoms with E-state index < -0.39 is 0 Å². The van der Waals surface area contributed by atoms with Gasteiger partial charge >= 0.3 is 0 Å². The van der Waals surface area contributed by atoms with Gasteiger partial charge in [-0.1, -0.05) is 13.8 Å². The molecule has 1 fully saturated rings. The van der Waals surface area contributed by atoms with Crippen molar-refractivity contribution in [3.63, 3.8) is 0 Å². The van der Waals surface area contributed by atoms with E-state index in [1.54, 1.807) is 17.7 Å². The molecule has 22 heavy (non-hydrogen) atoms. The van der Waals surface area contributed by atoms with Gasteiger partial charge in [0.25, 0.3) is 0 Å². The zero-order valence-electron chi connectivity index (χ0n) is 13.1. The molecule has 0 radical (unpaired) electrons. The van der Waals surface area contributed by atoms with E-state index in [2.05, 4.69) is 35.2 Å². The summed E-state index contributed by atoms with van der Waals surface area (Å²) in [7, 11) is 0. The quantitative estimate of drug-likeness (QED) is 0.941. The summed E-state index contributed by atoms with van der Waals surface area (Å²) in [6.07, 6.45) is 4.88. The van der Waals surface area contributed by atoms with Crippen LogP contribution in [0.4, 0.5) is 5.82 Å². The highest BCUT2D eigenvalue weighted by atomic mass is 32.1. The Kier molecular flexibility index (Phi) is 4.57. The molecular formula is C16H22N4OS. The van der Waals surface area contributed by atoms with Gasteiger partial charge in [-0.25, -0.2) is 9.97 Å². The summed E-state index contributed by atoms with van der Waals surface area (Å²) in [6, 6.07) is 2.12. The van der Waals surface area contributed by atoms with Gasteiger partial charge in [-0.2, -0.15) is 0 Å². The minimum atomic E-state index is 0.157. The zero-order chi connectivity index (χ0) is 15.5. The van der Waals surface area contributed by atoms with Gasteiger partial charge in [-0.15, -0.1) is 11.3 Å². The molecule has 1 atom stereocenters. The first-order chi connectivity index (χ1) is 10.7. The number of hydrogen-bond acceptors (Lipinski definition) is 5. The Balaban J connectivity index is 1.68. The van der Waals surface area contributed by atoms with E-state index in [0.29, 0.717) is 12.5 Å². The Labute approximate surface area is 134 Å². The van der Waals surface area contributed by atoms with E-state index in [-0.39, 0.29) is 5.91 Å². The number of nitrogens with one attached hydrogen (secondary N) is 1. The summed E-state index contributed by atoms with van der Waals surface area (Å²) < 4.78 is 0. The number of fused-ring (bicyclic) bond motifs is 1. The molecule has 1 amide bonds. The molecule has 2 aromatic heterocycles. The minimum Gasteiger partial charge on any atom is -0.360 e. The van der Waals surface area contributed by atoms with Gasteiger partial charge in [0.1, 0.15) is 17.0 Å². The molecule has 0 saturated carbocycles. The van der Waals surface area contributed by atoms with Crippen molar-refractivity contribution >= 4 is 33.3 Å². The minimum absolute atomic E-state index is 0.157. The molecule has 3 heterocycles. The van der Waals surface area contributed by atoms with Crippen LogP contribution in [0.5, 0.6) is 0 Å². The molecule has 0 spiro atoms. The van der Waals surface area contributed by atoms with Crippen molar-refractivity contribution < 1.29 is 4.79 Å². The third-order valence-corrected chi connectivity index (χ3v) is 5.33. The summed E-state index contributed by atoms with van der Waals surface area (Å²) in [5.74, 6) is 1.52. The van der Waals surface area contributed by atoms with Crippen molar-refractivity contribution in [1.29, 1.82) is 0 Å². The highest BCUT2D eigenvalue weighted by Crippen LogP contribution is 2.28.